The van der Waals surface area contributed by atoms with Gasteiger partial charge in [-0.1, -0.05) is 6.07 Å². The van der Waals surface area contributed by atoms with Crippen LogP contribution in [-0.4, -0.2) is 64.1 Å². The van der Waals surface area contributed by atoms with Gasteiger partial charge >= 0.3 is 0 Å². The number of aromatic nitrogens is 1. The van der Waals surface area contributed by atoms with Crippen LogP contribution in [0.15, 0.2) is 24.4 Å². The number of nitrogens with zero attached hydrogens (tertiary/aromatic N) is 3. The Balaban J connectivity index is 1.38. The fourth-order valence-corrected chi connectivity index (χ4v) is 3.77. The summed E-state index contributed by atoms with van der Waals surface area (Å²) in [5.41, 5.74) is 1.06. The van der Waals surface area contributed by atoms with E-state index in [-0.39, 0.29) is 12.0 Å². The molecule has 1 aliphatic heterocycles. The predicted octanol–water partition coefficient (Wildman–Crippen LogP) is 1.46. The molecule has 1 aromatic rings. The van der Waals surface area contributed by atoms with Gasteiger partial charge < -0.3 is 10.0 Å². The number of aliphatic hydroxyl groups excluding tert-OH is 1. The summed E-state index contributed by atoms with van der Waals surface area (Å²) >= 11 is 0. The fourth-order valence-electron chi connectivity index (χ4n) is 3.77. The molecule has 0 bridgehead atoms. The van der Waals surface area contributed by atoms with E-state index in [2.05, 4.69) is 9.88 Å². The Morgan fingerprint density at radius 3 is 2.70 bits per heavy atom. The number of amides is 1. The first kappa shape index (κ1) is 16.4. The Kier molecular flexibility index (Phi) is 5.62. The average molecular weight is 317 g/mol. The zero-order valence-corrected chi connectivity index (χ0v) is 13.7. The van der Waals surface area contributed by atoms with Crippen molar-refractivity contribution in [3.8, 4) is 0 Å². The lowest BCUT2D eigenvalue weighted by Crippen LogP contribution is -2.53. The summed E-state index contributed by atoms with van der Waals surface area (Å²) in [6.07, 6.45) is 7.10. The highest BCUT2D eigenvalue weighted by atomic mass is 16.3. The van der Waals surface area contributed by atoms with E-state index in [9.17, 15) is 9.90 Å². The number of hydrogen-bond donors (Lipinski definition) is 1. The van der Waals surface area contributed by atoms with E-state index in [0.29, 0.717) is 12.5 Å². The topological polar surface area (TPSA) is 56.7 Å². The van der Waals surface area contributed by atoms with Crippen molar-refractivity contribution in [1.82, 2.24) is 14.8 Å². The smallest absolute Gasteiger partial charge is 0.222 e. The van der Waals surface area contributed by atoms with Crippen molar-refractivity contribution in [3.05, 3.63) is 30.1 Å². The number of pyridine rings is 1. The molecule has 2 heterocycles. The highest BCUT2D eigenvalue weighted by Crippen LogP contribution is 2.25. The highest BCUT2D eigenvalue weighted by Gasteiger charge is 2.33. The van der Waals surface area contributed by atoms with Crippen molar-refractivity contribution in [2.45, 2.75) is 50.7 Å². The van der Waals surface area contributed by atoms with Gasteiger partial charge in [-0.2, -0.15) is 0 Å². The van der Waals surface area contributed by atoms with Gasteiger partial charge in [0.2, 0.25) is 5.91 Å². The maximum Gasteiger partial charge on any atom is 0.222 e. The molecule has 1 amide bonds. The molecule has 1 aliphatic carbocycles. The van der Waals surface area contributed by atoms with Gasteiger partial charge in [0.1, 0.15) is 0 Å². The van der Waals surface area contributed by atoms with Crippen LogP contribution >= 0.6 is 0 Å². The van der Waals surface area contributed by atoms with Crippen LogP contribution in [0.25, 0.3) is 0 Å². The normalized spacial score (nSPS) is 25.7. The fraction of sp³-hybridized carbons (Fsp3) is 0.667. The van der Waals surface area contributed by atoms with Crippen LogP contribution in [0.4, 0.5) is 0 Å². The van der Waals surface area contributed by atoms with Crippen molar-refractivity contribution >= 4 is 5.91 Å². The summed E-state index contributed by atoms with van der Waals surface area (Å²) in [6, 6.07) is 6.23. The first-order valence-corrected chi connectivity index (χ1v) is 8.84. The van der Waals surface area contributed by atoms with Gasteiger partial charge in [-0.05, 0) is 44.2 Å². The Hall–Kier alpha value is -1.46. The Morgan fingerprint density at radius 2 is 2.04 bits per heavy atom. The van der Waals surface area contributed by atoms with Crippen LogP contribution in [0.3, 0.4) is 0 Å². The molecule has 0 spiro atoms. The second-order valence-electron chi connectivity index (χ2n) is 6.66. The third-order valence-corrected chi connectivity index (χ3v) is 5.13. The lowest BCUT2D eigenvalue weighted by Gasteiger charge is -2.39. The number of hydrogen-bond acceptors (Lipinski definition) is 4. The molecule has 1 N–H and O–H groups in total. The van der Waals surface area contributed by atoms with Crippen LogP contribution < -0.4 is 0 Å². The van der Waals surface area contributed by atoms with Gasteiger partial charge in [0.25, 0.3) is 0 Å². The van der Waals surface area contributed by atoms with Crippen LogP contribution in [0.1, 0.15) is 37.8 Å². The third-order valence-electron chi connectivity index (χ3n) is 5.13. The molecule has 2 fully saturated rings. The Labute approximate surface area is 138 Å². The molecule has 0 radical (unpaired) electrons. The molecular formula is C18H27N3O2. The Bertz CT molecular complexity index is 500. The van der Waals surface area contributed by atoms with E-state index in [4.69, 9.17) is 0 Å². The van der Waals surface area contributed by atoms with Gasteiger partial charge in [-0.25, -0.2) is 0 Å². The molecule has 1 aromatic heterocycles. The van der Waals surface area contributed by atoms with Gasteiger partial charge in [0.15, 0.2) is 0 Å². The molecule has 5 heteroatoms. The lowest BCUT2D eigenvalue weighted by molar-refractivity contribution is -0.133. The third kappa shape index (κ3) is 4.30. The zero-order valence-electron chi connectivity index (χ0n) is 13.7. The molecule has 2 aliphatic rings. The molecule has 0 unspecified atom stereocenters. The number of aryl methyl sites for hydroxylation is 1. The highest BCUT2D eigenvalue weighted by molar-refractivity contribution is 5.76. The quantitative estimate of drug-likeness (QED) is 0.893. The predicted molar refractivity (Wildman–Crippen MR) is 89.0 cm³/mol. The van der Waals surface area contributed by atoms with E-state index in [1.54, 1.807) is 6.20 Å². The van der Waals surface area contributed by atoms with Crippen LogP contribution in [0, 0.1) is 0 Å². The van der Waals surface area contributed by atoms with E-state index >= 15 is 0 Å². The Morgan fingerprint density at radius 1 is 1.22 bits per heavy atom. The maximum atomic E-state index is 12.3. The van der Waals surface area contributed by atoms with E-state index in [0.717, 1.165) is 64.0 Å². The first-order valence-electron chi connectivity index (χ1n) is 8.84. The molecule has 3 rings (SSSR count). The largest absolute Gasteiger partial charge is 0.391 e. The van der Waals surface area contributed by atoms with E-state index in [1.807, 2.05) is 23.1 Å². The van der Waals surface area contributed by atoms with E-state index in [1.165, 1.54) is 0 Å². The number of piperazine rings is 1. The summed E-state index contributed by atoms with van der Waals surface area (Å²) in [7, 11) is 0. The van der Waals surface area contributed by atoms with Crippen LogP contribution in [-0.2, 0) is 11.2 Å². The van der Waals surface area contributed by atoms with Gasteiger partial charge in [-0.3, -0.25) is 14.7 Å². The molecule has 1 saturated carbocycles. The van der Waals surface area contributed by atoms with Crippen LogP contribution in [0.5, 0.6) is 0 Å². The summed E-state index contributed by atoms with van der Waals surface area (Å²) in [5.74, 6) is 0.257. The monoisotopic (exact) mass is 317 g/mol. The van der Waals surface area contributed by atoms with Crippen molar-refractivity contribution in [2.75, 3.05) is 26.2 Å². The molecular weight excluding hydrogens is 290 g/mol. The molecule has 1 saturated heterocycles. The minimum atomic E-state index is -0.171. The van der Waals surface area contributed by atoms with Gasteiger partial charge in [0.05, 0.1) is 6.10 Å². The first-order chi connectivity index (χ1) is 11.2. The number of aliphatic hydroxyl groups is 1. The van der Waals surface area contributed by atoms with Gasteiger partial charge in [0, 0.05) is 50.5 Å². The van der Waals surface area contributed by atoms with Crippen molar-refractivity contribution in [3.63, 3.8) is 0 Å². The SMILES string of the molecule is O=C(CCCc1ccccn1)N1CCN([C@@H]2CCC[C@H]2O)CC1. The summed E-state index contributed by atoms with van der Waals surface area (Å²) in [4.78, 5) is 21.0. The summed E-state index contributed by atoms with van der Waals surface area (Å²) in [6.45, 7) is 3.39. The summed E-state index contributed by atoms with van der Waals surface area (Å²) < 4.78 is 0. The number of carbonyl (C=O) groups excluding carboxylic acids is 1. The van der Waals surface area contributed by atoms with Crippen LogP contribution in [0.2, 0.25) is 0 Å². The lowest BCUT2D eigenvalue weighted by atomic mass is 10.1. The minimum absolute atomic E-state index is 0.171. The van der Waals surface area contributed by atoms with Crippen molar-refractivity contribution in [2.24, 2.45) is 0 Å². The minimum Gasteiger partial charge on any atom is -0.391 e. The number of carbonyl (C=O) groups is 1. The van der Waals surface area contributed by atoms with Gasteiger partial charge in [-0.15, -0.1) is 0 Å². The zero-order chi connectivity index (χ0) is 16.1. The molecule has 5 nitrogen and oxygen atoms in total. The average Bonchev–Trinajstić information content (AvgIpc) is 3.02. The second kappa shape index (κ2) is 7.88. The van der Waals surface area contributed by atoms with Crippen molar-refractivity contribution < 1.29 is 9.90 Å². The second-order valence-corrected chi connectivity index (χ2v) is 6.66. The molecule has 2 atom stereocenters. The summed E-state index contributed by atoms with van der Waals surface area (Å²) in [5, 5.41) is 10.0. The molecule has 0 aromatic carbocycles. The molecule has 23 heavy (non-hydrogen) atoms. The standard InChI is InChI=1S/C18H27N3O2/c22-17-8-4-7-16(17)20-11-13-21(14-12-20)18(23)9-3-6-15-5-1-2-10-19-15/h1-2,5,10,16-17,22H,3-4,6-9,11-14H2/t16-,17-/m1/s1. The maximum absolute atomic E-state index is 12.3. The molecule has 126 valence electrons. The number of rotatable bonds is 5. The van der Waals surface area contributed by atoms with E-state index < -0.39 is 0 Å². The van der Waals surface area contributed by atoms with Crippen molar-refractivity contribution in [1.29, 1.82) is 0 Å².